The Labute approximate surface area is 144 Å². The van der Waals surface area contributed by atoms with Crippen molar-refractivity contribution in [2.24, 2.45) is 0 Å². The quantitative estimate of drug-likeness (QED) is 0.835. The molecule has 1 aliphatic heterocycles. The van der Waals surface area contributed by atoms with E-state index in [1.807, 2.05) is 19.1 Å². The van der Waals surface area contributed by atoms with Crippen LogP contribution in [0.25, 0.3) is 0 Å². The number of carbonyl (C=O) groups excluding carboxylic acids is 1. The average Bonchev–Trinajstić information content (AvgIpc) is 3.26. The number of nitrogens with one attached hydrogen (secondary N) is 1. The molecule has 0 spiro atoms. The Bertz CT molecular complexity index is 776. The van der Waals surface area contributed by atoms with E-state index < -0.39 is 11.9 Å². The van der Waals surface area contributed by atoms with Crippen LogP contribution in [-0.4, -0.2) is 36.3 Å². The lowest BCUT2D eigenvalue weighted by Gasteiger charge is -2.15. The normalized spacial score (nSPS) is 16.6. The van der Waals surface area contributed by atoms with E-state index in [2.05, 4.69) is 5.32 Å². The molecule has 7 nitrogen and oxygen atoms in total. The van der Waals surface area contributed by atoms with Gasteiger partial charge in [0.2, 0.25) is 0 Å². The van der Waals surface area contributed by atoms with Gasteiger partial charge in [-0.1, -0.05) is 6.07 Å². The Hall–Kier alpha value is -2.80. The molecule has 0 bridgehead atoms. The number of anilines is 1. The Kier molecular flexibility index (Phi) is 5.04. The van der Waals surface area contributed by atoms with E-state index >= 15 is 0 Å². The first kappa shape index (κ1) is 17.0. The van der Waals surface area contributed by atoms with Gasteiger partial charge in [-0.3, -0.25) is 4.79 Å². The molecule has 25 heavy (non-hydrogen) atoms. The van der Waals surface area contributed by atoms with Gasteiger partial charge in [-0.15, -0.1) is 0 Å². The van der Waals surface area contributed by atoms with Crippen molar-refractivity contribution in [3.05, 3.63) is 47.4 Å². The summed E-state index contributed by atoms with van der Waals surface area (Å²) in [6.45, 7) is 3.09. The maximum absolute atomic E-state index is 12.3. The number of ether oxygens (including phenoxy) is 2. The van der Waals surface area contributed by atoms with E-state index in [4.69, 9.17) is 19.0 Å². The Balaban J connectivity index is 1.71. The third-order valence-corrected chi connectivity index (χ3v) is 3.90. The number of benzene rings is 1. The zero-order chi connectivity index (χ0) is 17.8. The van der Waals surface area contributed by atoms with Crippen LogP contribution in [0.1, 0.15) is 39.3 Å². The number of hydrogen-bond donors (Lipinski definition) is 2. The fraction of sp³-hybridized carbons (Fsp3) is 0.333. The number of carboxylic acid groups (broad SMARTS) is 1. The number of hydrogen-bond acceptors (Lipinski definition) is 5. The molecule has 0 unspecified atom stereocenters. The Morgan fingerprint density at radius 3 is 2.88 bits per heavy atom. The van der Waals surface area contributed by atoms with Crippen LogP contribution >= 0.6 is 0 Å². The number of carboxylic acids is 1. The molecule has 1 atom stereocenters. The fourth-order valence-electron chi connectivity index (χ4n) is 2.56. The van der Waals surface area contributed by atoms with Crippen LogP contribution in [0.5, 0.6) is 5.75 Å². The minimum absolute atomic E-state index is 0.0623. The lowest BCUT2D eigenvalue weighted by molar-refractivity contribution is 0.0681. The van der Waals surface area contributed by atoms with Gasteiger partial charge in [0.15, 0.2) is 5.76 Å². The van der Waals surface area contributed by atoms with Gasteiger partial charge in [0, 0.05) is 12.7 Å². The third kappa shape index (κ3) is 4.19. The maximum atomic E-state index is 12.3. The highest BCUT2D eigenvalue weighted by Crippen LogP contribution is 2.27. The summed E-state index contributed by atoms with van der Waals surface area (Å²) in [5.74, 6) is -1.24. The van der Waals surface area contributed by atoms with Crippen LogP contribution in [0.4, 0.5) is 5.69 Å². The van der Waals surface area contributed by atoms with Crippen molar-refractivity contribution in [1.82, 2.24) is 0 Å². The van der Waals surface area contributed by atoms with E-state index in [1.54, 1.807) is 6.07 Å². The SMILES string of the molecule is Cc1ccc(NC(=O)c2cc(C(=O)O)co2)c(OC[C@@H]2CCCO2)c1. The van der Waals surface area contributed by atoms with E-state index in [1.165, 1.54) is 6.07 Å². The van der Waals surface area contributed by atoms with Crippen LogP contribution in [0.15, 0.2) is 34.9 Å². The van der Waals surface area contributed by atoms with E-state index in [9.17, 15) is 9.59 Å². The van der Waals surface area contributed by atoms with Crippen molar-refractivity contribution in [2.75, 3.05) is 18.5 Å². The number of furan rings is 1. The summed E-state index contributed by atoms with van der Waals surface area (Å²) in [7, 11) is 0. The second-order valence-electron chi connectivity index (χ2n) is 5.90. The predicted molar refractivity (Wildman–Crippen MR) is 89.3 cm³/mol. The monoisotopic (exact) mass is 345 g/mol. The maximum Gasteiger partial charge on any atom is 0.338 e. The first-order chi connectivity index (χ1) is 12.0. The molecule has 2 N–H and O–H groups in total. The smallest absolute Gasteiger partial charge is 0.338 e. The number of aromatic carboxylic acids is 1. The average molecular weight is 345 g/mol. The molecule has 2 aromatic rings. The van der Waals surface area contributed by atoms with E-state index in [0.29, 0.717) is 18.0 Å². The standard InChI is InChI=1S/C18H19NO6/c1-11-4-5-14(15(7-11)25-10-13-3-2-6-23-13)19-17(20)16-8-12(9-24-16)18(21)22/h4-5,7-9,13H,2-3,6,10H2,1H3,(H,19,20)(H,21,22)/t13-/m0/s1. The zero-order valence-electron chi connectivity index (χ0n) is 13.8. The van der Waals surface area contributed by atoms with Crippen LogP contribution in [-0.2, 0) is 4.74 Å². The third-order valence-electron chi connectivity index (χ3n) is 3.90. The van der Waals surface area contributed by atoms with Gasteiger partial charge >= 0.3 is 5.97 Å². The molecule has 7 heteroatoms. The minimum Gasteiger partial charge on any atom is -0.489 e. The van der Waals surface area contributed by atoms with Gasteiger partial charge < -0.3 is 24.3 Å². The van der Waals surface area contributed by atoms with Crippen LogP contribution in [0.3, 0.4) is 0 Å². The summed E-state index contributed by atoms with van der Waals surface area (Å²) >= 11 is 0. The summed E-state index contributed by atoms with van der Waals surface area (Å²) in [5.41, 5.74) is 1.40. The van der Waals surface area contributed by atoms with Crippen LogP contribution < -0.4 is 10.1 Å². The molecule has 132 valence electrons. The van der Waals surface area contributed by atoms with Gasteiger partial charge in [0.1, 0.15) is 18.6 Å². The summed E-state index contributed by atoms with van der Waals surface area (Å²) < 4.78 is 16.4. The Morgan fingerprint density at radius 1 is 1.36 bits per heavy atom. The summed E-state index contributed by atoms with van der Waals surface area (Å²) in [5, 5.41) is 11.6. The molecule has 1 aliphatic rings. The highest BCUT2D eigenvalue weighted by Gasteiger charge is 2.19. The molecule has 1 aromatic carbocycles. The predicted octanol–water partition coefficient (Wildman–Crippen LogP) is 3.10. The minimum atomic E-state index is -1.15. The number of amides is 1. The Morgan fingerprint density at radius 2 is 2.20 bits per heavy atom. The van der Waals surface area contributed by atoms with Crippen molar-refractivity contribution in [3.63, 3.8) is 0 Å². The number of aryl methyl sites for hydroxylation is 1. The first-order valence-corrected chi connectivity index (χ1v) is 8.01. The molecule has 0 aliphatic carbocycles. The fourth-order valence-corrected chi connectivity index (χ4v) is 2.56. The molecular weight excluding hydrogens is 326 g/mol. The van der Waals surface area contributed by atoms with Gasteiger partial charge in [-0.05, 0) is 37.5 Å². The molecule has 1 amide bonds. The largest absolute Gasteiger partial charge is 0.489 e. The topological polar surface area (TPSA) is 98.0 Å². The van der Waals surface area contributed by atoms with Gasteiger partial charge in [-0.25, -0.2) is 4.79 Å². The van der Waals surface area contributed by atoms with Gasteiger partial charge in [0.05, 0.1) is 17.4 Å². The molecule has 1 fully saturated rings. The van der Waals surface area contributed by atoms with Crippen molar-refractivity contribution in [3.8, 4) is 5.75 Å². The van der Waals surface area contributed by atoms with Crippen molar-refractivity contribution < 1.29 is 28.6 Å². The molecule has 1 aromatic heterocycles. The van der Waals surface area contributed by atoms with E-state index in [-0.39, 0.29) is 17.4 Å². The lowest BCUT2D eigenvalue weighted by Crippen LogP contribution is -2.18. The molecular formula is C18H19NO6. The van der Waals surface area contributed by atoms with Gasteiger partial charge in [0.25, 0.3) is 5.91 Å². The highest BCUT2D eigenvalue weighted by atomic mass is 16.5. The molecule has 1 saturated heterocycles. The summed E-state index contributed by atoms with van der Waals surface area (Å²) in [6.07, 6.45) is 3.07. The molecule has 2 heterocycles. The summed E-state index contributed by atoms with van der Waals surface area (Å²) in [4.78, 5) is 23.1. The second kappa shape index (κ2) is 7.40. The molecule has 0 saturated carbocycles. The van der Waals surface area contributed by atoms with Crippen LogP contribution in [0, 0.1) is 6.92 Å². The summed E-state index contributed by atoms with van der Waals surface area (Å²) in [6, 6.07) is 6.59. The van der Waals surface area contributed by atoms with Crippen molar-refractivity contribution >= 4 is 17.6 Å². The van der Waals surface area contributed by atoms with Crippen molar-refractivity contribution in [2.45, 2.75) is 25.9 Å². The highest BCUT2D eigenvalue weighted by molar-refractivity contribution is 6.04. The molecule has 3 rings (SSSR count). The second-order valence-corrected chi connectivity index (χ2v) is 5.90. The number of carbonyl (C=O) groups is 2. The lowest BCUT2D eigenvalue weighted by atomic mass is 10.2. The van der Waals surface area contributed by atoms with Crippen molar-refractivity contribution in [1.29, 1.82) is 0 Å². The van der Waals surface area contributed by atoms with E-state index in [0.717, 1.165) is 31.3 Å². The van der Waals surface area contributed by atoms with Crippen LogP contribution in [0.2, 0.25) is 0 Å². The number of rotatable bonds is 6. The van der Waals surface area contributed by atoms with Gasteiger partial charge in [-0.2, -0.15) is 0 Å². The molecule has 0 radical (unpaired) electrons. The zero-order valence-corrected chi connectivity index (χ0v) is 13.8. The first-order valence-electron chi connectivity index (χ1n) is 8.01.